The highest BCUT2D eigenvalue weighted by Gasteiger charge is 2.20. The van der Waals surface area contributed by atoms with E-state index < -0.39 is 0 Å². The fraction of sp³-hybridized carbons (Fsp3) is 0.476. The Bertz CT molecular complexity index is 686. The third-order valence-corrected chi connectivity index (χ3v) is 6.62. The second kappa shape index (κ2) is 12.7. The minimum absolute atomic E-state index is 0. The van der Waals surface area contributed by atoms with Crippen molar-refractivity contribution in [2.24, 2.45) is 4.99 Å². The summed E-state index contributed by atoms with van der Waals surface area (Å²) in [5.41, 5.74) is 1.44. The summed E-state index contributed by atoms with van der Waals surface area (Å²) in [5.74, 6) is 0.923. The first kappa shape index (κ1) is 23.5. The number of likely N-dealkylation sites (tertiary alicyclic amines) is 1. The number of aliphatic imine (C=N–C) groups is 1. The first-order valence-corrected chi connectivity index (χ1v) is 11.5. The lowest BCUT2D eigenvalue weighted by molar-refractivity contribution is 0.198. The van der Waals surface area contributed by atoms with Gasteiger partial charge in [-0.2, -0.15) is 11.3 Å². The molecule has 28 heavy (non-hydrogen) atoms. The van der Waals surface area contributed by atoms with E-state index in [9.17, 15) is 0 Å². The van der Waals surface area contributed by atoms with Crippen molar-refractivity contribution in [2.75, 3.05) is 26.7 Å². The lowest BCUT2D eigenvalue weighted by Crippen LogP contribution is -2.49. The van der Waals surface area contributed by atoms with Gasteiger partial charge in [-0.3, -0.25) is 9.89 Å². The van der Waals surface area contributed by atoms with Crippen LogP contribution in [0.4, 0.5) is 0 Å². The number of nitrogens with zero attached hydrogens (tertiary/aromatic N) is 2. The van der Waals surface area contributed by atoms with Gasteiger partial charge in [0.15, 0.2) is 5.96 Å². The fourth-order valence-electron chi connectivity index (χ4n) is 3.28. The van der Waals surface area contributed by atoms with Crippen LogP contribution in [0, 0.1) is 0 Å². The summed E-state index contributed by atoms with van der Waals surface area (Å²) in [6.07, 6.45) is 2.33. The molecule has 3 rings (SSSR count). The van der Waals surface area contributed by atoms with Crippen LogP contribution in [-0.4, -0.2) is 48.8 Å². The molecule has 4 nitrogen and oxygen atoms in total. The Balaban J connectivity index is 0.00000280. The summed E-state index contributed by atoms with van der Waals surface area (Å²) in [7, 11) is 1.86. The fourth-order valence-corrected chi connectivity index (χ4v) is 4.88. The van der Waals surface area contributed by atoms with Gasteiger partial charge in [-0.25, -0.2) is 0 Å². The molecular formula is C21H31IN4S2. The SMILES string of the molecule is CN=C(NCC(C)Sc1ccccc1)NC1CCN(Cc2ccsc2)CC1.I. The Kier molecular flexibility index (Phi) is 10.7. The Morgan fingerprint density at radius 2 is 2.00 bits per heavy atom. The van der Waals surface area contributed by atoms with Crippen LogP contribution in [0.15, 0.2) is 57.0 Å². The molecule has 1 fully saturated rings. The van der Waals surface area contributed by atoms with Crippen LogP contribution in [0.5, 0.6) is 0 Å². The van der Waals surface area contributed by atoms with Gasteiger partial charge in [0.05, 0.1) is 0 Å². The van der Waals surface area contributed by atoms with E-state index in [1.165, 1.54) is 23.3 Å². The average Bonchev–Trinajstić information content (AvgIpc) is 3.20. The van der Waals surface area contributed by atoms with E-state index in [0.717, 1.165) is 32.1 Å². The molecule has 1 aromatic carbocycles. The molecule has 0 bridgehead atoms. The van der Waals surface area contributed by atoms with Crippen LogP contribution in [0.1, 0.15) is 25.3 Å². The largest absolute Gasteiger partial charge is 0.355 e. The summed E-state index contributed by atoms with van der Waals surface area (Å²) in [6, 6.07) is 13.3. The van der Waals surface area contributed by atoms with Crippen LogP contribution in [0.25, 0.3) is 0 Å². The Morgan fingerprint density at radius 3 is 2.64 bits per heavy atom. The number of halogens is 1. The summed E-state index contributed by atoms with van der Waals surface area (Å²) in [4.78, 5) is 8.28. The quantitative estimate of drug-likeness (QED) is 0.236. The smallest absolute Gasteiger partial charge is 0.191 e. The monoisotopic (exact) mass is 530 g/mol. The lowest BCUT2D eigenvalue weighted by Gasteiger charge is -2.33. The molecule has 2 N–H and O–H groups in total. The van der Waals surface area contributed by atoms with Crippen LogP contribution < -0.4 is 10.6 Å². The highest BCUT2D eigenvalue weighted by Crippen LogP contribution is 2.22. The predicted octanol–water partition coefficient (Wildman–Crippen LogP) is 4.68. The van der Waals surface area contributed by atoms with Gasteiger partial charge >= 0.3 is 0 Å². The number of guanidine groups is 1. The summed E-state index contributed by atoms with van der Waals surface area (Å²) >= 11 is 3.68. The lowest BCUT2D eigenvalue weighted by atomic mass is 10.0. The highest BCUT2D eigenvalue weighted by molar-refractivity contribution is 14.0. The van der Waals surface area contributed by atoms with Crippen molar-refractivity contribution in [3.63, 3.8) is 0 Å². The summed E-state index contributed by atoms with van der Waals surface area (Å²) < 4.78 is 0. The minimum atomic E-state index is 0. The Labute approximate surface area is 194 Å². The first-order chi connectivity index (χ1) is 13.2. The van der Waals surface area contributed by atoms with E-state index in [2.05, 4.69) is 74.6 Å². The summed E-state index contributed by atoms with van der Waals surface area (Å²) in [5, 5.41) is 12.0. The highest BCUT2D eigenvalue weighted by atomic mass is 127. The van der Waals surface area contributed by atoms with Crippen molar-refractivity contribution < 1.29 is 0 Å². The molecule has 2 aromatic rings. The Morgan fingerprint density at radius 1 is 1.25 bits per heavy atom. The van der Waals surface area contributed by atoms with Crippen molar-refractivity contribution >= 4 is 53.0 Å². The van der Waals surface area contributed by atoms with Crippen LogP contribution in [0.2, 0.25) is 0 Å². The number of piperidine rings is 1. The molecule has 1 aromatic heterocycles. The van der Waals surface area contributed by atoms with Crippen molar-refractivity contribution in [3.05, 3.63) is 52.7 Å². The molecule has 1 saturated heterocycles. The molecular weight excluding hydrogens is 499 g/mol. The molecule has 1 aliphatic heterocycles. The van der Waals surface area contributed by atoms with Crippen LogP contribution >= 0.6 is 47.1 Å². The predicted molar refractivity (Wildman–Crippen MR) is 134 cm³/mol. The molecule has 0 saturated carbocycles. The average molecular weight is 531 g/mol. The molecule has 0 aliphatic carbocycles. The number of thioether (sulfide) groups is 1. The zero-order valence-electron chi connectivity index (χ0n) is 16.6. The molecule has 0 radical (unpaired) electrons. The third kappa shape index (κ3) is 7.93. The maximum Gasteiger partial charge on any atom is 0.191 e. The van der Waals surface area contributed by atoms with Crippen molar-refractivity contribution in [2.45, 2.75) is 42.5 Å². The maximum absolute atomic E-state index is 4.41. The molecule has 0 amide bonds. The second-order valence-electron chi connectivity index (χ2n) is 7.02. The van der Waals surface area contributed by atoms with Gasteiger partial charge in [0, 0.05) is 49.4 Å². The van der Waals surface area contributed by atoms with Gasteiger partial charge in [0.25, 0.3) is 0 Å². The number of hydrogen-bond donors (Lipinski definition) is 2. The Hall–Kier alpha value is -0.770. The van der Waals surface area contributed by atoms with E-state index >= 15 is 0 Å². The second-order valence-corrected chi connectivity index (χ2v) is 9.31. The molecule has 1 atom stereocenters. The van der Waals surface area contributed by atoms with Crippen LogP contribution in [-0.2, 0) is 6.54 Å². The molecule has 1 aliphatic rings. The number of nitrogens with one attached hydrogen (secondary N) is 2. The van der Waals surface area contributed by atoms with Gasteiger partial charge in [-0.1, -0.05) is 25.1 Å². The van der Waals surface area contributed by atoms with Gasteiger partial charge in [0.1, 0.15) is 0 Å². The van der Waals surface area contributed by atoms with Gasteiger partial charge < -0.3 is 10.6 Å². The standard InChI is InChI=1S/C21H30N4S2.HI/c1-17(27-20-6-4-3-5-7-20)14-23-21(22-2)24-19-8-11-25(12-9-19)15-18-10-13-26-16-18;/h3-7,10,13,16-17,19H,8-9,11-12,14-15H2,1-2H3,(H2,22,23,24);1H. The number of thiophene rings is 1. The topological polar surface area (TPSA) is 39.7 Å². The maximum atomic E-state index is 4.41. The number of rotatable bonds is 7. The molecule has 154 valence electrons. The molecule has 7 heteroatoms. The first-order valence-electron chi connectivity index (χ1n) is 9.65. The number of benzene rings is 1. The van der Waals surface area contributed by atoms with Gasteiger partial charge in [0.2, 0.25) is 0 Å². The zero-order valence-corrected chi connectivity index (χ0v) is 20.6. The summed E-state index contributed by atoms with van der Waals surface area (Å²) in [6.45, 7) is 6.52. The van der Waals surface area contributed by atoms with Crippen molar-refractivity contribution in [3.8, 4) is 0 Å². The van der Waals surface area contributed by atoms with Crippen LogP contribution in [0.3, 0.4) is 0 Å². The van der Waals surface area contributed by atoms with E-state index in [1.807, 2.05) is 18.8 Å². The van der Waals surface area contributed by atoms with Crippen molar-refractivity contribution in [1.29, 1.82) is 0 Å². The van der Waals surface area contributed by atoms with E-state index in [4.69, 9.17) is 0 Å². The number of hydrogen-bond acceptors (Lipinski definition) is 4. The third-order valence-electron chi connectivity index (χ3n) is 4.78. The molecule has 0 spiro atoms. The van der Waals surface area contributed by atoms with E-state index in [-0.39, 0.29) is 24.0 Å². The van der Waals surface area contributed by atoms with Gasteiger partial charge in [-0.05, 0) is 47.4 Å². The van der Waals surface area contributed by atoms with E-state index in [1.54, 1.807) is 11.3 Å². The van der Waals surface area contributed by atoms with Crippen molar-refractivity contribution in [1.82, 2.24) is 15.5 Å². The normalized spacial score (nSPS) is 17.0. The zero-order chi connectivity index (χ0) is 18.9. The minimum Gasteiger partial charge on any atom is -0.355 e. The van der Waals surface area contributed by atoms with Gasteiger partial charge in [-0.15, -0.1) is 35.7 Å². The molecule has 2 heterocycles. The molecule has 1 unspecified atom stereocenters. The van der Waals surface area contributed by atoms with E-state index in [0.29, 0.717) is 11.3 Å².